The van der Waals surface area contributed by atoms with Crippen LogP contribution in [0.5, 0.6) is 0 Å². The van der Waals surface area contributed by atoms with Crippen molar-refractivity contribution in [2.75, 3.05) is 44.4 Å². The van der Waals surface area contributed by atoms with Crippen molar-refractivity contribution < 1.29 is 29.3 Å². The molecule has 0 bridgehead atoms. The highest BCUT2D eigenvalue weighted by atomic mass is 33.1. The van der Waals surface area contributed by atoms with Gasteiger partial charge in [0.15, 0.2) is 0 Å². The van der Waals surface area contributed by atoms with E-state index in [1.165, 1.54) is 0 Å². The highest BCUT2D eigenvalue weighted by molar-refractivity contribution is 8.76. The van der Waals surface area contributed by atoms with E-state index in [1.54, 1.807) is 21.6 Å². The zero-order valence-corrected chi connectivity index (χ0v) is 17.6. The maximum absolute atomic E-state index is 11.7. The molecule has 12 heteroatoms. The molecule has 0 aliphatic heterocycles. The number of amides is 2. The first-order valence-electron chi connectivity index (χ1n) is 9.09. The Bertz CT molecular complexity index is 459. The Labute approximate surface area is 173 Å². The zero-order chi connectivity index (χ0) is 21.2. The van der Waals surface area contributed by atoms with Crippen LogP contribution >= 0.6 is 21.6 Å². The number of carbonyl (C=O) groups excluding carboxylic acids is 3. The van der Waals surface area contributed by atoms with Gasteiger partial charge in [-0.05, 0) is 19.4 Å². The summed E-state index contributed by atoms with van der Waals surface area (Å²) in [5, 5.41) is 23.1. The molecule has 0 aliphatic carbocycles. The molecule has 0 rings (SSSR count). The molecule has 0 aromatic rings. The second kappa shape index (κ2) is 18.0. The molecule has 0 aromatic heterocycles. The molecular weight excluding hydrogens is 408 g/mol. The molecule has 0 radical (unpaired) electrons. The second-order valence-corrected chi connectivity index (χ2v) is 8.54. The molecule has 10 nitrogen and oxygen atoms in total. The summed E-state index contributed by atoms with van der Waals surface area (Å²) in [5.74, 6) is 0.379. The summed E-state index contributed by atoms with van der Waals surface area (Å²) < 4.78 is 4.70. The zero-order valence-electron chi connectivity index (χ0n) is 15.9. The molecular formula is C16H32N4O6S2. The van der Waals surface area contributed by atoms with Gasteiger partial charge in [0.25, 0.3) is 0 Å². The number of aliphatic hydroxyl groups excluding tert-OH is 2. The lowest BCUT2D eigenvalue weighted by Gasteiger charge is -2.11. The Morgan fingerprint density at radius 2 is 1.71 bits per heavy atom. The van der Waals surface area contributed by atoms with Gasteiger partial charge in [-0.1, -0.05) is 21.6 Å². The maximum Gasteiger partial charge on any atom is 0.306 e. The second-order valence-electron chi connectivity index (χ2n) is 5.84. The SMILES string of the molecule is NCCCC(N)C(=O)NCCSSCCNC(=O)CCC(=O)OC[C@@H](O)CO. The van der Waals surface area contributed by atoms with Crippen molar-refractivity contribution in [1.29, 1.82) is 0 Å². The third-order valence-corrected chi connectivity index (χ3v) is 5.74. The van der Waals surface area contributed by atoms with Gasteiger partial charge >= 0.3 is 5.97 Å². The van der Waals surface area contributed by atoms with E-state index in [1.807, 2.05) is 0 Å². The highest BCUT2D eigenvalue weighted by Crippen LogP contribution is 2.19. The molecule has 0 spiro atoms. The lowest BCUT2D eigenvalue weighted by atomic mass is 10.1. The van der Waals surface area contributed by atoms with Crippen molar-refractivity contribution in [3.8, 4) is 0 Å². The Morgan fingerprint density at radius 1 is 1.07 bits per heavy atom. The molecule has 28 heavy (non-hydrogen) atoms. The Morgan fingerprint density at radius 3 is 2.32 bits per heavy atom. The molecule has 0 aromatic carbocycles. The predicted octanol–water partition coefficient (Wildman–Crippen LogP) is -1.66. The van der Waals surface area contributed by atoms with E-state index in [2.05, 4.69) is 10.6 Å². The van der Waals surface area contributed by atoms with Gasteiger partial charge < -0.3 is 37.1 Å². The van der Waals surface area contributed by atoms with Gasteiger partial charge in [-0.3, -0.25) is 14.4 Å². The first-order valence-corrected chi connectivity index (χ1v) is 11.6. The largest absolute Gasteiger partial charge is 0.463 e. The summed E-state index contributed by atoms with van der Waals surface area (Å²) in [6, 6.07) is -0.520. The van der Waals surface area contributed by atoms with Crippen LogP contribution in [0.4, 0.5) is 0 Å². The number of esters is 1. The van der Waals surface area contributed by atoms with E-state index in [-0.39, 0.29) is 31.3 Å². The molecule has 0 aliphatic rings. The smallest absolute Gasteiger partial charge is 0.306 e. The van der Waals surface area contributed by atoms with E-state index in [0.29, 0.717) is 31.8 Å². The first-order chi connectivity index (χ1) is 13.4. The lowest BCUT2D eigenvalue weighted by Crippen LogP contribution is -2.41. The normalized spacial score (nSPS) is 12.9. The summed E-state index contributed by atoms with van der Waals surface area (Å²) in [6.07, 6.45) is 0.112. The van der Waals surface area contributed by atoms with Crippen LogP contribution in [0.15, 0.2) is 0 Å². The van der Waals surface area contributed by atoms with Crippen LogP contribution in [-0.2, 0) is 19.1 Å². The van der Waals surface area contributed by atoms with Crippen LogP contribution in [0.1, 0.15) is 25.7 Å². The maximum atomic E-state index is 11.7. The van der Waals surface area contributed by atoms with Crippen LogP contribution in [-0.4, -0.2) is 84.5 Å². The van der Waals surface area contributed by atoms with Gasteiger partial charge in [-0.2, -0.15) is 0 Å². The van der Waals surface area contributed by atoms with Gasteiger partial charge in [-0.15, -0.1) is 0 Å². The minimum absolute atomic E-state index is 0.00229. The van der Waals surface area contributed by atoms with Crippen LogP contribution in [0, 0.1) is 0 Å². The average molecular weight is 441 g/mol. The van der Waals surface area contributed by atoms with Crippen molar-refractivity contribution in [2.24, 2.45) is 11.5 Å². The summed E-state index contributed by atoms with van der Waals surface area (Å²) in [5.41, 5.74) is 11.1. The number of aliphatic hydroxyl groups is 2. The van der Waals surface area contributed by atoms with Crippen LogP contribution in [0.3, 0.4) is 0 Å². The van der Waals surface area contributed by atoms with Crippen LogP contribution < -0.4 is 22.1 Å². The predicted molar refractivity (Wildman–Crippen MR) is 110 cm³/mol. The van der Waals surface area contributed by atoms with E-state index >= 15 is 0 Å². The summed E-state index contributed by atoms with van der Waals surface area (Å²) in [4.78, 5) is 34.6. The molecule has 2 atom stereocenters. The Balaban J connectivity index is 3.52. The summed E-state index contributed by atoms with van der Waals surface area (Å²) >= 11 is 0. The standard InChI is InChI=1S/C16H32N4O6S2/c17-5-1-2-13(18)16(25)20-7-9-28-27-8-6-19-14(23)3-4-15(24)26-11-12(22)10-21/h12-13,21-22H,1-11,17-18H2,(H,19,23)(H,20,25)/t12-,13?/m0/s1. The van der Waals surface area contributed by atoms with Crippen LogP contribution in [0.2, 0.25) is 0 Å². The van der Waals surface area contributed by atoms with Gasteiger partial charge in [0.2, 0.25) is 11.8 Å². The van der Waals surface area contributed by atoms with Gasteiger partial charge in [0, 0.05) is 31.0 Å². The van der Waals surface area contributed by atoms with Gasteiger partial charge in [-0.25, -0.2) is 0 Å². The topological polar surface area (TPSA) is 177 Å². The van der Waals surface area contributed by atoms with Gasteiger partial charge in [0.05, 0.1) is 19.1 Å². The lowest BCUT2D eigenvalue weighted by molar-refractivity contribution is -0.148. The van der Waals surface area contributed by atoms with E-state index < -0.39 is 24.7 Å². The minimum Gasteiger partial charge on any atom is -0.463 e. The summed E-state index contributed by atoms with van der Waals surface area (Å²) in [6.45, 7) is 0.725. The average Bonchev–Trinajstić information content (AvgIpc) is 2.69. The van der Waals surface area contributed by atoms with Crippen molar-refractivity contribution in [3.63, 3.8) is 0 Å². The van der Waals surface area contributed by atoms with Gasteiger partial charge in [0.1, 0.15) is 12.7 Å². The fourth-order valence-electron chi connectivity index (χ4n) is 1.78. The molecule has 0 saturated heterocycles. The van der Waals surface area contributed by atoms with Crippen LogP contribution in [0.25, 0.3) is 0 Å². The van der Waals surface area contributed by atoms with Crippen molar-refractivity contribution in [2.45, 2.75) is 37.8 Å². The van der Waals surface area contributed by atoms with Crippen molar-refractivity contribution in [1.82, 2.24) is 10.6 Å². The van der Waals surface area contributed by atoms with E-state index in [4.69, 9.17) is 26.4 Å². The fraction of sp³-hybridized carbons (Fsp3) is 0.812. The number of hydrogen-bond donors (Lipinski definition) is 6. The number of rotatable bonds is 17. The third kappa shape index (κ3) is 16.0. The molecule has 8 N–H and O–H groups in total. The monoisotopic (exact) mass is 440 g/mol. The van der Waals surface area contributed by atoms with Crippen molar-refractivity contribution in [3.05, 3.63) is 0 Å². The number of hydrogen-bond acceptors (Lipinski definition) is 10. The highest BCUT2D eigenvalue weighted by Gasteiger charge is 2.12. The Kier molecular flexibility index (Phi) is 17.3. The minimum atomic E-state index is -1.10. The number of carbonyl (C=O) groups is 3. The van der Waals surface area contributed by atoms with E-state index in [0.717, 1.165) is 12.2 Å². The molecule has 2 amide bonds. The van der Waals surface area contributed by atoms with E-state index in [9.17, 15) is 14.4 Å². The third-order valence-electron chi connectivity index (χ3n) is 3.34. The Hall–Kier alpha value is -1.05. The number of nitrogens with one attached hydrogen (secondary N) is 2. The molecule has 0 saturated carbocycles. The fourth-order valence-corrected chi connectivity index (χ4v) is 3.60. The summed E-state index contributed by atoms with van der Waals surface area (Å²) in [7, 11) is 3.14. The molecule has 1 unspecified atom stereocenters. The molecule has 164 valence electrons. The number of ether oxygens (including phenoxy) is 1. The first kappa shape index (κ1) is 27.0. The molecule has 0 heterocycles. The molecule has 0 fully saturated rings. The quantitative estimate of drug-likeness (QED) is 0.0871. The number of nitrogens with two attached hydrogens (primary N) is 2. The van der Waals surface area contributed by atoms with Crippen molar-refractivity contribution >= 4 is 39.4 Å².